The molecule has 0 saturated heterocycles. The van der Waals surface area contributed by atoms with Crippen molar-refractivity contribution in [2.24, 2.45) is 5.73 Å². The third kappa shape index (κ3) is 1.36. The van der Waals surface area contributed by atoms with Crippen molar-refractivity contribution < 1.29 is 0 Å². The van der Waals surface area contributed by atoms with Crippen LogP contribution in [-0.4, -0.2) is 4.98 Å². The highest BCUT2D eigenvalue weighted by molar-refractivity contribution is 7.17. The summed E-state index contributed by atoms with van der Waals surface area (Å²) in [5, 5.41) is 12.0. The summed E-state index contributed by atoms with van der Waals surface area (Å²) >= 11 is 7.49. The fourth-order valence-electron chi connectivity index (χ4n) is 1.28. The lowest BCUT2D eigenvalue weighted by atomic mass is 10.1. The summed E-state index contributed by atoms with van der Waals surface area (Å²) in [6, 6.07) is 1.31. The number of thiophene rings is 1. The van der Waals surface area contributed by atoms with Gasteiger partial charge in [-0.15, -0.1) is 11.3 Å². The molecule has 0 spiro atoms. The number of nitrogens with zero attached hydrogens (tertiary/aromatic N) is 2. The summed E-state index contributed by atoms with van der Waals surface area (Å²) in [7, 11) is 0. The van der Waals surface area contributed by atoms with E-state index in [-0.39, 0.29) is 0 Å². The maximum Gasteiger partial charge on any atom is 0.121 e. The Bertz CT molecular complexity index is 514. The Morgan fingerprint density at radius 2 is 2.36 bits per heavy atom. The van der Waals surface area contributed by atoms with E-state index in [0.717, 1.165) is 10.1 Å². The standard InChI is InChI=1S/C9H6ClN3S/c10-6-4-14-8-3-13-2-5(9(6)8)7(12)1-11/h2-4,7H,12H2. The van der Waals surface area contributed by atoms with Gasteiger partial charge in [-0.1, -0.05) is 11.6 Å². The molecule has 0 amide bonds. The number of hydrogen-bond acceptors (Lipinski definition) is 4. The van der Waals surface area contributed by atoms with Crippen LogP contribution in [-0.2, 0) is 0 Å². The Morgan fingerprint density at radius 1 is 1.57 bits per heavy atom. The van der Waals surface area contributed by atoms with Crippen LogP contribution in [0.15, 0.2) is 17.8 Å². The fourth-order valence-corrected chi connectivity index (χ4v) is 2.50. The van der Waals surface area contributed by atoms with E-state index < -0.39 is 6.04 Å². The number of pyridine rings is 1. The zero-order valence-electron chi connectivity index (χ0n) is 7.07. The number of nitrogens with two attached hydrogens (primary N) is 1. The normalized spacial score (nSPS) is 12.6. The number of halogens is 1. The zero-order valence-corrected chi connectivity index (χ0v) is 8.64. The highest BCUT2D eigenvalue weighted by Crippen LogP contribution is 2.33. The van der Waals surface area contributed by atoms with Crippen molar-refractivity contribution >= 4 is 33.0 Å². The summed E-state index contributed by atoms with van der Waals surface area (Å²) in [6.45, 7) is 0. The van der Waals surface area contributed by atoms with Crippen LogP contribution in [0.25, 0.3) is 10.1 Å². The molecule has 3 nitrogen and oxygen atoms in total. The molecule has 0 radical (unpaired) electrons. The SMILES string of the molecule is N#CC(N)c1cncc2scc(Cl)c12. The minimum absolute atomic E-state index is 0.633. The number of hydrogen-bond donors (Lipinski definition) is 1. The second kappa shape index (κ2) is 3.54. The summed E-state index contributed by atoms with van der Waals surface area (Å²) in [6.07, 6.45) is 3.31. The Kier molecular flexibility index (Phi) is 2.38. The first-order valence-electron chi connectivity index (χ1n) is 3.90. The molecule has 0 aliphatic rings. The molecule has 1 atom stereocenters. The van der Waals surface area contributed by atoms with Crippen molar-refractivity contribution in [1.82, 2.24) is 4.98 Å². The molecule has 70 valence electrons. The van der Waals surface area contributed by atoms with Crippen LogP contribution in [0.5, 0.6) is 0 Å². The predicted molar refractivity (Wildman–Crippen MR) is 57.2 cm³/mol. The van der Waals surface area contributed by atoms with Crippen molar-refractivity contribution in [2.45, 2.75) is 6.04 Å². The molecule has 0 saturated carbocycles. The van der Waals surface area contributed by atoms with Crippen molar-refractivity contribution in [3.8, 4) is 6.07 Å². The van der Waals surface area contributed by atoms with Crippen LogP contribution in [0.2, 0.25) is 5.02 Å². The van der Waals surface area contributed by atoms with Gasteiger partial charge in [0.2, 0.25) is 0 Å². The Hall–Kier alpha value is -1.15. The summed E-state index contributed by atoms with van der Waals surface area (Å²) in [5.74, 6) is 0. The van der Waals surface area contributed by atoms with Gasteiger partial charge in [-0.2, -0.15) is 5.26 Å². The van der Waals surface area contributed by atoms with Crippen LogP contribution >= 0.6 is 22.9 Å². The van der Waals surface area contributed by atoms with E-state index in [9.17, 15) is 0 Å². The zero-order chi connectivity index (χ0) is 10.1. The highest BCUT2D eigenvalue weighted by atomic mass is 35.5. The van der Waals surface area contributed by atoms with Crippen LogP contribution in [0, 0.1) is 11.3 Å². The smallest absolute Gasteiger partial charge is 0.121 e. The minimum Gasteiger partial charge on any atom is -0.312 e. The van der Waals surface area contributed by atoms with Crippen LogP contribution in [0.4, 0.5) is 0 Å². The van der Waals surface area contributed by atoms with Crippen molar-refractivity contribution in [1.29, 1.82) is 5.26 Å². The molecule has 2 aromatic heterocycles. The molecule has 0 aromatic carbocycles. The first-order chi connectivity index (χ1) is 6.74. The first kappa shape index (κ1) is 9.41. The van der Waals surface area contributed by atoms with Gasteiger partial charge in [0.25, 0.3) is 0 Å². The summed E-state index contributed by atoms with van der Waals surface area (Å²) in [4.78, 5) is 4.02. The Balaban J connectivity index is 2.76. The molecule has 5 heteroatoms. The van der Waals surface area contributed by atoms with Gasteiger partial charge in [0.15, 0.2) is 0 Å². The third-order valence-corrected chi connectivity index (χ3v) is 3.29. The fraction of sp³-hybridized carbons (Fsp3) is 0.111. The van der Waals surface area contributed by atoms with E-state index in [1.165, 1.54) is 11.3 Å². The lowest BCUT2D eigenvalue weighted by Crippen LogP contribution is -2.07. The lowest BCUT2D eigenvalue weighted by molar-refractivity contribution is 0.928. The molecule has 2 heterocycles. The molecular weight excluding hydrogens is 218 g/mol. The molecule has 0 bridgehead atoms. The van der Waals surface area contributed by atoms with Gasteiger partial charge < -0.3 is 5.73 Å². The molecule has 14 heavy (non-hydrogen) atoms. The van der Waals surface area contributed by atoms with Gasteiger partial charge in [-0.05, 0) is 0 Å². The minimum atomic E-state index is -0.668. The molecule has 0 aliphatic heterocycles. The largest absolute Gasteiger partial charge is 0.312 e. The lowest BCUT2D eigenvalue weighted by Gasteiger charge is -2.04. The molecule has 1 unspecified atom stereocenters. The monoisotopic (exact) mass is 223 g/mol. The van der Waals surface area contributed by atoms with Gasteiger partial charge in [0.05, 0.1) is 15.8 Å². The average molecular weight is 224 g/mol. The van der Waals surface area contributed by atoms with E-state index in [1.54, 1.807) is 12.4 Å². The molecule has 0 fully saturated rings. The van der Waals surface area contributed by atoms with E-state index in [4.69, 9.17) is 22.6 Å². The predicted octanol–water partition coefficient (Wildman–Crippen LogP) is 2.47. The van der Waals surface area contributed by atoms with E-state index >= 15 is 0 Å². The van der Waals surface area contributed by atoms with E-state index in [1.807, 2.05) is 11.4 Å². The second-order valence-corrected chi connectivity index (χ2v) is 4.11. The molecule has 2 aromatic rings. The topological polar surface area (TPSA) is 62.7 Å². The quantitative estimate of drug-likeness (QED) is 0.808. The maximum absolute atomic E-state index is 8.73. The van der Waals surface area contributed by atoms with Gasteiger partial charge in [-0.3, -0.25) is 4.98 Å². The number of fused-ring (bicyclic) bond motifs is 1. The first-order valence-corrected chi connectivity index (χ1v) is 5.15. The molecular formula is C9H6ClN3S. The number of rotatable bonds is 1. The highest BCUT2D eigenvalue weighted by Gasteiger charge is 2.13. The van der Waals surface area contributed by atoms with Gasteiger partial charge in [-0.25, -0.2) is 0 Å². The third-order valence-electron chi connectivity index (χ3n) is 1.94. The van der Waals surface area contributed by atoms with Crippen LogP contribution in [0.3, 0.4) is 0 Å². The Labute approximate surface area is 89.7 Å². The number of nitriles is 1. The van der Waals surface area contributed by atoms with Gasteiger partial charge in [0, 0.05) is 28.7 Å². The molecule has 2 rings (SSSR count). The number of aromatic nitrogens is 1. The van der Waals surface area contributed by atoms with Gasteiger partial charge >= 0.3 is 0 Å². The molecule has 0 aliphatic carbocycles. The summed E-state index contributed by atoms with van der Waals surface area (Å²) < 4.78 is 0.957. The average Bonchev–Trinajstić information content (AvgIpc) is 2.59. The van der Waals surface area contributed by atoms with Gasteiger partial charge in [0.1, 0.15) is 6.04 Å². The van der Waals surface area contributed by atoms with Crippen molar-refractivity contribution in [2.75, 3.05) is 0 Å². The van der Waals surface area contributed by atoms with Crippen LogP contribution < -0.4 is 5.73 Å². The molecule has 2 N–H and O–H groups in total. The summed E-state index contributed by atoms with van der Waals surface area (Å²) in [5.41, 5.74) is 6.32. The van der Waals surface area contributed by atoms with E-state index in [0.29, 0.717) is 10.6 Å². The van der Waals surface area contributed by atoms with Crippen molar-refractivity contribution in [3.63, 3.8) is 0 Å². The second-order valence-electron chi connectivity index (χ2n) is 2.79. The maximum atomic E-state index is 8.73. The van der Waals surface area contributed by atoms with Crippen LogP contribution in [0.1, 0.15) is 11.6 Å². The Morgan fingerprint density at radius 3 is 3.07 bits per heavy atom. The van der Waals surface area contributed by atoms with E-state index in [2.05, 4.69) is 4.98 Å². The van der Waals surface area contributed by atoms with Crippen molar-refractivity contribution in [3.05, 3.63) is 28.4 Å².